The van der Waals surface area contributed by atoms with Crippen molar-refractivity contribution in [1.29, 1.82) is 0 Å². The molecule has 0 unspecified atom stereocenters. The third kappa shape index (κ3) is 8.85. The van der Waals surface area contributed by atoms with Crippen LogP contribution in [0.25, 0.3) is 21.6 Å². The minimum Gasteiger partial charge on any atom is -0.508 e. The van der Waals surface area contributed by atoms with Crippen molar-refractivity contribution in [3.63, 3.8) is 0 Å². The van der Waals surface area contributed by atoms with E-state index in [1.165, 1.54) is 10.4 Å². The predicted molar refractivity (Wildman–Crippen MR) is 175 cm³/mol. The van der Waals surface area contributed by atoms with E-state index in [2.05, 4.69) is 21.2 Å². The van der Waals surface area contributed by atoms with E-state index in [-0.39, 0.29) is 42.6 Å². The number of phenolic OH excluding ortho intramolecular Hbond substituents is 1. The average molecular weight is 657 g/mol. The Labute approximate surface area is 267 Å². The van der Waals surface area contributed by atoms with Gasteiger partial charge in [-0.15, -0.1) is 11.3 Å². The van der Waals surface area contributed by atoms with Crippen molar-refractivity contribution in [2.75, 3.05) is 69.7 Å². The fourth-order valence-corrected chi connectivity index (χ4v) is 7.85. The standard InChI is InChI=1S/C31H40N6O6S2/c1-22(2)18-25(39)6-7-28(40)32-8-17-45(41,42)37-11-9-35(10-12-37)21-26-20-27-29(44-26)31(36-13-15-43-16-14-36)34-30(33-27)23-4-3-5-24(38)19-23/h3-5,18-20,38H,6-17,21H2,1-2H3,(H,32,40). The van der Waals surface area contributed by atoms with Gasteiger partial charge in [-0.25, -0.2) is 18.4 Å². The number of aromatic nitrogens is 2. The maximum Gasteiger partial charge on any atom is 0.220 e. The highest BCUT2D eigenvalue weighted by Crippen LogP contribution is 2.35. The van der Waals surface area contributed by atoms with Crippen molar-refractivity contribution < 1.29 is 27.9 Å². The van der Waals surface area contributed by atoms with Gasteiger partial charge in [0.1, 0.15) is 5.75 Å². The summed E-state index contributed by atoms with van der Waals surface area (Å²) in [4.78, 5) is 39.2. The molecular weight excluding hydrogens is 617 g/mol. The molecule has 2 fully saturated rings. The van der Waals surface area contributed by atoms with Gasteiger partial charge in [-0.3, -0.25) is 14.5 Å². The SMILES string of the molecule is CC(C)=CC(=O)CCC(=O)NCCS(=O)(=O)N1CCN(Cc2cc3nc(-c4cccc(O)c4)nc(N4CCOCC4)c3s2)CC1. The van der Waals surface area contributed by atoms with Crippen LogP contribution >= 0.6 is 11.3 Å². The summed E-state index contributed by atoms with van der Waals surface area (Å²) in [6.07, 6.45) is 1.64. The Morgan fingerprint density at radius 3 is 2.51 bits per heavy atom. The number of thiophene rings is 1. The van der Waals surface area contributed by atoms with Crippen LogP contribution in [-0.2, 0) is 30.9 Å². The number of allylic oxidation sites excluding steroid dienone is 2. The average Bonchev–Trinajstić information content (AvgIpc) is 3.42. The molecule has 0 bridgehead atoms. The van der Waals surface area contributed by atoms with Crippen molar-refractivity contribution in [3.8, 4) is 17.1 Å². The first-order valence-electron chi connectivity index (χ1n) is 15.1. The van der Waals surface area contributed by atoms with Crippen molar-refractivity contribution >= 4 is 49.1 Å². The highest BCUT2D eigenvalue weighted by Gasteiger charge is 2.28. The van der Waals surface area contributed by atoms with Crippen LogP contribution in [0.15, 0.2) is 42.0 Å². The van der Waals surface area contributed by atoms with Crippen LogP contribution in [0.5, 0.6) is 5.75 Å². The van der Waals surface area contributed by atoms with Crippen LogP contribution in [-0.4, -0.2) is 109 Å². The molecule has 12 nitrogen and oxygen atoms in total. The second-order valence-corrected chi connectivity index (χ2v) is 14.7. The van der Waals surface area contributed by atoms with E-state index in [9.17, 15) is 23.1 Å². The smallest absolute Gasteiger partial charge is 0.220 e. The monoisotopic (exact) mass is 656 g/mol. The maximum atomic E-state index is 12.9. The number of nitrogens with zero attached hydrogens (tertiary/aromatic N) is 5. The predicted octanol–water partition coefficient (Wildman–Crippen LogP) is 2.78. The van der Waals surface area contributed by atoms with Crippen LogP contribution in [0.3, 0.4) is 0 Å². The van der Waals surface area contributed by atoms with Gasteiger partial charge in [0.15, 0.2) is 17.4 Å². The summed E-state index contributed by atoms with van der Waals surface area (Å²) in [7, 11) is -3.53. The van der Waals surface area contributed by atoms with Crippen molar-refractivity contribution in [1.82, 2.24) is 24.5 Å². The summed E-state index contributed by atoms with van der Waals surface area (Å²) in [5, 5.41) is 12.7. The number of carbonyl (C=O) groups excluding carboxylic acids is 2. The quantitative estimate of drug-likeness (QED) is 0.279. The topological polar surface area (TPSA) is 145 Å². The zero-order chi connectivity index (χ0) is 32.0. The number of carbonyl (C=O) groups is 2. The van der Waals surface area contributed by atoms with Gasteiger partial charge in [-0.2, -0.15) is 4.31 Å². The van der Waals surface area contributed by atoms with Gasteiger partial charge >= 0.3 is 0 Å². The number of aromatic hydroxyl groups is 1. The number of rotatable bonds is 12. The molecule has 1 amide bonds. The number of nitrogens with one attached hydrogen (secondary N) is 1. The molecular formula is C31H40N6O6S2. The highest BCUT2D eigenvalue weighted by molar-refractivity contribution is 7.89. The van der Waals surface area contributed by atoms with E-state index in [4.69, 9.17) is 14.7 Å². The molecule has 2 N–H and O–H groups in total. The number of hydrogen-bond donors (Lipinski definition) is 2. The number of benzene rings is 1. The molecule has 2 saturated heterocycles. The van der Waals surface area contributed by atoms with Gasteiger partial charge in [0.2, 0.25) is 15.9 Å². The third-order valence-electron chi connectivity index (χ3n) is 7.65. The highest BCUT2D eigenvalue weighted by atomic mass is 32.2. The lowest BCUT2D eigenvalue weighted by Gasteiger charge is -2.33. The summed E-state index contributed by atoms with van der Waals surface area (Å²) in [6, 6.07) is 9.02. The Balaban J connectivity index is 1.18. The minimum atomic E-state index is -3.53. The molecule has 3 aromatic rings. The fraction of sp³-hybridized carbons (Fsp3) is 0.484. The van der Waals surface area contributed by atoms with E-state index in [0.29, 0.717) is 51.8 Å². The summed E-state index contributed by atoms with van der Waals surface area (Å²) in [5.41, 5.74) is 2.46. The van der Waals surface area contributed by atoms with Crippen molar-refractivity contribution in [2.24, 2.45) is 0 Å². The second kappa shape index (κ2) is 14.8. The number of ketones is 1. The number of anilines is 1. The molecule has 0 saturated carbocycles. The minimum absolute atomic E-state index is 0.0110. The van der Waals surface area contributed by atoms with Gasteiger partial charge in [0, 0.05) is 75.6 Å². The first-order valence-corrected chi connectivity index (χ1v) is 17.6. The van der Waals surface area contributed by atoms with Gasteiger partial charge in [0.05, 0.1) is 29.2 Å². The van der Waals surface area contributed by atoms with Crippen LogP contribution < -0.4 is 10.2 Å². The molecule has 1 aromatic carbocycles. The third-order valence-corrected chi connectivity index (χ3v) is 10.6. The van der Waals surface area contributed by atoms with Crippen molar-refractivity contribution in [3.05, 3.63) is 46.9 Å². The molecule has 0 spiro atoms. The van der Waals surface area contributed by atoms with Crippen LogP contribution in [0, 0.1) is 0 Å². The normalized spacial score (nSPS) is 16.5. The molecule has 2 aliphatic rings. The van der Waals surface area contributed by atoms with Crippen LogP contribution in [0.2, 0.25) is 0 Å². The first-order chi connectivity index (χ1) is 21.6. The van der Waals surface area contributed by atoms with Gasteiger partial charge < -0.3 is 20.1 Å². The van der Waals surface area contributed by atoms with E-state index < -0.39 is 10.0 Å². The molecule has 242 valence electrons. The first kappa shape index (κ1) is 32.9. The maximum absolute atomic E-state index is 12.9. The zero-order valence-corrected chi connectivity index (χ0v) is 27.3. The van der Waals surface area contributed by atoms with Gasteiger partial charge in [0.25, 0.3) is 0 Å². The number of fused-ring (bicyclic) bond motifs is 1. The lowest BCUT2D eigenvalue weighted by molar-refractivity contribution is -0.123. The summed E-state index contributed by atoms with van der Waals surface area (Å²) in [6.45, 7) is 8.95. The number of morpholine rings is 1. The van der Waals surface area contributed by atoms with Crippen molar-refractivity contribution in [2.45, 2.75) is 33.2 Å². The lowest BCUT2D eigenvalue weighted by Crippen LogP contribution is -2.49. The number of hydrogen-bond acceptors (Lipinski definition) is 11. The molecule has 4 heterocycles. The van der Waals surface area contributed by atoms with Crippen LogP contribution in [0.1, 0.15) is 31.6 Å². The van der Waals surface area contributed by atoms with E-state index in [1.807, 2.05) is 19.9 Å². The summed E-state index contributed by atoms with van der Waals surface area (Å²) >= 11 is 1.65. The van der Waals surface area contributed by atoms with E-state index in [0.717, 1.165) is 45.1 Å². The number of sulfonamides is 1. The molecule has 2 aromatic heterocycles. The zero-order valence-electron chi connectivity index (χ0n) is 25.7. The second-order valence-electron chi connectivity index (χ2n) is 11.5. The molecule has 5 rings (SSSR count). The number of phenols is 1. The van der Waals surface area contributed by atoms with E-state index in [1.54, 1.807) is 29.5 Å². The van der Waals surface area contributed by atoms with E-state index >= 15 is 0 Å². The number of amides is 1. The molecule has 2 aliphatic heterocycles. The molecule has 0 radical (unpaired) electrons. The van der Waals surface area contributed by atoms with Gasteiger partial charge in [-0.1, -0.05) is 17.7 Å². The number of piperazine rings is 1. The molecule has 0 atom stereocenters. The van der Waals surface area contributed by atoms with Gasteiger partial charge in [-0.05, 0) is 38.1 Å². The Morgan fingerprint density at radius 1 is 1.04 bits per heavy atom. The molecule has 45 heavy (non-hydrogen) atoms. The van der Waals surface area contributed by atoms with Crippen LogP contribution in [0.4, 0.5) is 5.82 Å². The Morgan fingerprint density at radius 2 is 1.80 bits per heavy atom. The molecule has 14 heteroatoms. The fourth-order valence-electron chi connectivity index (χ4n) is 5.36. The molecule has 0 aliphatic carbocycles. The Kier molecular flexibility index (Phi) is 10.8. The largest absolute Gasteiger partial charge is 0.508 e. The summed E-state index contributed by atoms with van der Waals surface area (Å²) < 4.78 is 33.9. The lowest BCUT2D eigenvalue weighted by atomic mass is 10.1. The summed E-state index contributed by atoms with van der Waals surface area (Å²) in [5.74, 6) is 0.946. The number of ether oxygens (including phenoxy) is 1. The Hall–Kier alpha value is -3.43. The Bertz CT molecular complexity index is 1660.